The van der Waals surface area contributed by atoms with Gasteiger partial charge in [-0.05, 0) is 33.8 Å². The van der Waals surface area contributed by atoms with Crippen molar-refractivity contribution in [3.05, 3.63) is 17.2 Å². The third kappa shape index (κ3) is 4.12. The largest absolute Gasteiger partial charge is 0.383 e. The maximum atomic E-state index is 12.3. The van der Waals surface area contributed by atoms with E-state index in [4.69, 9.17) is 16.3 Å². The van der Waals surface area contributed by atoms with Crippen LogP contribution >= 0.6 is 11.8 Å². The number of carbonyl (C=O) groups is 1. The number of hydrogen-bond donors (Lipinski definition) is 1. The average Bonchev–Trinajstić information content (AvgIpc) is 2.44. The molecular weight excluding hydrogens is 298 g/mol. The van der Waals surface area contributed by atoms with E-state index >= 15 is 0 Å². The molecular formula is C15H19N5OS. The second kappa shape index (κ2) is 7.67. The number of rotatable bonds is 5. The summed E-state index contributed by atoms with van der Waals surface area (Å²) in [7, 11) is 0. The lowest BCUT2D eigenvalue weighted by Gasteiger charge is -2.30. The highest BCUT2D eigenvalue weighted by Gasteiger charge is 2.21. The molecule has 7 heteroatoms. The number of anilines is 1. The van der Waals surface area contributed by atoms with Crippen molar-refractivity contribution in [2.75, 3.05) is 11.5 Å². The fourth-order valence-corrected chi connectivity index (χ4v) is 3.00. The smallest absolute Gasteiger partial charge is 0.233 e. The second-order valence-corrected chi connectivity index (χ2v) is 6.24. The summed E-state index contributed by atoms with van der Waals surface area (Å²) < 4.78 is 0. The predicted molar refractivity (Wildman–Crippen MR) is 85.9 cm³/mol. The molecule has 116 valence electrons. The Morgan fingerprint density at radius 2 is 1.82 bits per heavy atom. The lowest BCUT2D eigenvalue weighted by atomic mass is 10.2. The van der Waals surface area contributed by atoms with Crippen LogP contribution in [0, 0.1) is 22.7 Å². The summed E-state index contributed by atoms with van der Waals surface area (Å²) in [6.45, 7) is 7.84. The molecule has 1 aromatic rings. The molecule has 6 nitrogen and oxygen atoms in total. The van der Waals surface area contributed by atoms with Crippen LogP contribution < -0.4 is 5.73 Å². The zero-order valence-corrected chi connectivity index (χ0v) is 13.9. The molecule has 0 aliphatic heterocycles. The van der Waals surface area contributed by atoms with Gasteiger partial charge in [0.1, 0.15) is 23.0 Å². The summed E-state index contributed by atoms with van der Waals surface area (Å²) in [6.07, 6.45) is 0. The van der Waals surface area contributed by atoms with Gasteiger partial charge in [0.25, 0.3) is 0 Å². The topological polar surface area (TPSA) is 107 Å². The van der Waals surface area contributed by atoms with Gasteiger partial charge in [-0.3, -0.25) is 4.79 Å². The van der Waals surface area contributed by atoms with Gasteiger partial charge in [0.05, 0.1) is 16.9 Å². The molecule has 1 amide bonds. The van der Waals surface area contributed by atoms with Crippen LogP contribution in [0.1, 0.15) is 38.8 Å². The van der Waals surface area contributed by atoms with E-state index in [0.29, 0.717) is 5.03 Å². The first-order valence-corrected chi connectivity index (χ1v) is 7.85. The maximum Gasteiger partial charge on any atom is 0.233 e. The first-order chi connectivity index (χ1) is 10.3. The molecule has 0 bridgehead atoms. The molecule has 0 radical (unpaired) electrons. The van der Waals surface area contributed by atoms with Crippen LogP contribution in [-0.2, 0) is 4.79 Å². The van der Waals surface area contributed by atoms with Gasteiger partial charge in [0.15, 0.2) is 0 Å². The molecule has 0 atom stereocenters. The summed E-state index contributed by atoms with van der Waals surface area (Å²) in [5.41, 5.74) is 6.09. The second-order valence-electron chi connectivity index (χ2n) is 5.27. The van der Waals surface area contributed by atoms with E-state index in [1.807, 2.05) is 39.8 Å². The van der Waals surface area contributed by atoms with E-state index in [0.717, 1.165) is 11.8 Å². The first kappa shape index (κ1) is 17.8. The normalized spacial score (nSPS) is 10.4. The minimum Gasteiger partial charge on any atom is -0.383 e. The van der Waals surface area contributed by atoms with Crippen molar-refractivity contribution in [3.8, 4) is 12.1 Å². The van der Waals surface area contributed by atoms with Crippen molar-refractivity contribution < 1.29 is 4.79 Å². The number of hydrogen-bond acceptors (Lipinski definition) is 6. The SMILES string of the molecule is CC(C)N(C(=O)CSc1nc(N)c(C#N)cc1C#N)C(C)C. The van der Waals surface area contributed by atoms with Crippen LogP contribution in [-0.4, -0.2) is 33.6 Å². The number of nitrogens with two attached hydrogens (primary N) is 1. The standard InChI is InChI=1S/C15H19N5OS/c1-9(2)20(10(3)4)13(21)8-22-15-12(7-17)5-11(6-16)14(18)19-15/h5,9-10H,8H2,1-4H3,(H2,18,19). The highest BCUT2D eigenvalue weighted by Crippen LogP contribution is 2.24. The van der Waals surface area contributed by atoms with Crippen molar-refractivity contribution in [1.82, 2.24) is 9.88 Å². The van der Waals surface area contributed by atoms with Gasteiger partial charge in [-0.1, -0.05) is 11.8 Å². The fraction of sp³-hybridized carbons (Fsp3) is 0.467. The van der Waals surface area contributed by atoms with Gasteiger partial charge in [-0.2, -0.15) is 10.5 Å². The predicted octanol–water partition coefficient (Wildman–Crippen LogP) is 2.14. The Bertz CT molecular complexity index is 635. The van der Waals surface area contributed by atoms with Crippen molar-refractivity contribution >= 4 is 23.5 Å². The first-order valence-electron chi connectivity index (χ1n) is 6.86. The van der Waals surface area contributed by atoms with Crippen molar-refractivity contribution in [3.63, 3.8) is 0 Å². The Balaban J connectivity index is 2.93. The number of amides is 1. The highest BCUT2D eigenvalue weighted by molar-refractivity contribution is 8.00. The zero-order chi connectivity index (χ0) is 16.9. The molecule has 1 heterocycles. The van der Waals surface area contributed by atoms with Crippen LogP contribution in [0.3, 0.4) is 0 Å². The average molecular weight is 317 g/mol. The monoisotopic (exact) mass is 317 g/mol. The van der Waals surface area contributed by atoms with E-state index in [2.05, 4.69) is 4.98 Å². The van der Waals surface area contributed by atoms with E-state index in [9.17, 15) is 4.79 Å². The van der Waals surface area contributed by atoms with Crippen molar-refractivity contribution in [1.29, 1.82) is 10.5 Å². The van der Waals surface area contributed by atoms with Crippen LogP contribution in [0.4, 0.5) is 5.82 Å². The number of carbonyl (C=O) groups excluding carboxylic acids is 1. The van der Waals surface area contributed by atoms with E-state index < -0.39 is 0 Å². The molecule has 0 saturated heterocycles. The number of aromatic nitrogens is 1. The van der Waals surface area contributed by atoms with Gasteiger partial charge < -0.3 is 10.6 Å². The summed E-state index contributed by atoms with van der Waals surface area (Å²) >= 11 is 1.16. The molecule has 1 rings (SSSR count). The number of thioether (sulfide) groups is 1. The summed E-state index contributed by atoms with van der Waals surface area (Å²) in [4.78, 5) is 18.2. The Hall–Kier alpha value is -2.25. The summed E-state index contributed by atoms with van der Waals surface area (Å²) in [6, 6.07) is 5.47. The number of nitrogen functional groups attached to an aromatic ring is 1. The molecule has 0 aliphatic rings. The quantitative estimate of drug-likeness (QED) is 0.834. The van der Waals surface area contributed by atoms with E-state index in [-0.39, 0.29) is 40.7 Å². The minimum atomic E-state index is -0.0244. The lowest BCUT2D eigenvalue weighted by molar-refractivity contribution is -0.131. The van der Waals surface area contributed by atoms with Gasteiger partial charge >= 0.3 is 0 Å². The Morgan fingerprint density at radius 3 is 2.27 bits per heavy atom. The Kier molecular flexibility index (Phi) is 6.21. The summed E-state index contributed by atoms with van der Waals surface area (Å²) in [5, 5.41) is 18.4. The molecule has 0 aliphatic carbocycles. The molecule has 0 aromatic carbocycles. The van der Waals surface area contributed by atoms with Gasteiger partial charge in [-0.15, -0.1) is 0 Å². The molecule has 0 spiro atoms. The van der Waals surface area contributed by atoms with Crippen LogP contribution in [0.25, 0.3) is 0 Å². The maximum absolute atomic E-state index is 12.3. The minimum absolute atomic E-state index is 0.0244. The van der Waals surface area contributed by atoms with Crippen LogP contribution in [0.15, 0.2) is 11.1 Å². The number of pyridine rings is 1. The molecule has 0 unspecified atom stereocenters. The molecule has 0 saturated carbocycles. The van der Waals surface area contributed by atoms with Gasteiger partial charge in [0, 0.05) is 12.1 Å². The van der Waals surface area contributed by atoms with Crippen LogP contribution in [0.5, 0.6) is 0 Å². The number of nitriles is 2. The number of nitrogens with zero attached hydrogens (tertiary/aromatic N) is 4. The Morgan fingerprint density at radius 1 is 1.27 bits per heavy atom. The van der Waals surface area contributed by atoms with Crippen molar-refractivity contribution in [2.24, 2.45) is 0 Å². The van der Waals surface area contributed by atoms with Crippen molar-refractivity contribution in [2.45, 2.75) is 44.8 Å². The molecule has 1 aromatic heterocycles. The lowest BCUT2D eigenvalue weighted by Crippen LogP contribution is -2.43. The highest BCUT2D eigenvalue weighted by atomic mass is 32.2. The zero-order valence-electron chi connectivity index (χ0n) is 13.1. The Labute approximate surface area is 134 Å². The third-order valence-electron chi connectivity index (χ3n) is 2.99. The van der Waals surface area contributed by atoms with E-state index in [1.165, 1.54) is 6.07 Å². The third-order valence-corrected chi connectivity index (χ3v) is 3.97. The molecule has 0 fully saturated rings. The van der Waals surface area contributed by atoms with E-state index in [1.54, 1.807) is 4.90 Å². The molecule has 2 N–H and O–H groups in total. The fourth-order valence-electron chi connectivity index (χ4n) is 2.17. The van der Waals surface area contributed by atoms with Gasteiger partial charge in [0.2, 0.25) is 5.91 Å². The molecule has 22 heavy (non-hydrogen) atoms. The van der Waals surface area contributed by atoms with Crippen LogP contribution in [0.2, 0.25) is 0 Å². The van der Waals surface area contributed by atoms with Gasteiger partial charge in [-0.25, -0.2) is 4.98 Å². The summed E-state index contributed by atoms with van der Waals surface area (Å²) in [5.74, 6) is 0.216.